The van der Waals surface area contributed by atoms with E-state index in [0.717, 1.165) is 28.0 Å². The summed E-state index contributed by atoms with van der Waals surface area (Å²) in [7, 11) is 0. The highest BCUT2D eigenvalue weighted by Crippen LogP contribution is 2.30. The van der Waals surface area contributed by atoms with Crippen LogP contribution in [0.25, 0.3) is 0 Å². The van der Waals surface area contributed by atoms with Crippen LogP contribution in [0.3, 0.4) is 0 Å². The van der Waals surface area contributed by atoms with Crippen LogP contribution in [0.4, 0.5) is 0 Å². The minimum absolute atomic E-state index is 0.494. The Hall–Kier alpha value is -1.32. The van der Waals surface area contributed by atoms with Gasteiger partial charge in [-0.3, -0.25) is 0 Å². The van der Waals surface area contributed by atoms with Crippen molar-refractivity contribution >= 4 is 15.9 Å². The number of halogens is 1. The molecule has 2 nitrogen and oxygen atoms in total. The molecule has 19 heavy (non-hydrogen) atoms. The number of rotatable bonds is 4. The Morgan fingerprint density at radius 1 is 1.16 bits per heavy atom. The molecule has 3 heteroatoms. The van der Waals surface area contributed by atoms with Crippen molar-refractivity contribution in [1.82, 2.24) is 0 Å². The summed E-state index contributed by atoms with van der Waals surface area (Å²) in [6.07, 6.45) is 0.494. The summed E-state index contributed by atoms with van der Waals surface area (Å²) < 4.78 is 6.68. The van der Waals surface area contributed by atoms with Crippen molar-refractivity contribution in [3.8, 4) is 11.5 Å². The summed E-state index contributed by atoms with van der Waals surface area (Å²) in [5.74, 6) is 1.58. The summed E-state index contributed by atoms with van der Waals surface area (Å²) in [5, 5.41) is 9.58. The SMILES string of the molecule is CCc1cccc(Oc2ccc(C(C)O)c(Br)c2)c1. The fourth-order valence-corrected chi connectivity index (χ4v) is 2.56. The van der Waals surface area contributed by atoms with Gasteiger partial charge in [0.25, 0.3) is 0 Å². The van der Waals surface area contributed by atoms with Gasteiger partial charge in [0, 0.05) is 4.47 Å². The van der Waals surface area contributed by atoms with Crippen molar-refractivity contribution in [2.45, 2.75) is 26.4 Å². The minimum atomic E-state index is -0.494. The van der Waals surface area contributed by atoms with Crippen LogP contribution in [-0.2, 0) is 6.42 Å². The fraction of sp³-hybridized carbons (Fsp3) is 0.250. The van der Waals surface area contributed by atoms with Gasteiger partial charge in [-0.05, 0) is 48.7 Å². The zero-order chi connectivity index (χ0) is 13.8. The highest BCUT2D eigenvalue weighted by Gasteiger charge is 2.07. The summed E-state index contributed by atoms with van der Waals surface area (Å²) in [5.41, 5.74) is 2.10. The smallest absolute Gasteiger partial charge is 0.128 e. The second kappa shape index (κ2) is 6.22. The van der Waals surface area contributed by atoms with Gasteiger partial charge >= 0.3 is 0 Å². The Morgan fingerprint density at radius 3 is 2.53 bits per heavy atom. The highest BCUT2D eigenvalue weighted by atomic mass is 79.9. The van der Waals surface area contributed by atoms with Gasteiger partial charge in [0.1, 0.15) is 11.5 Å². The van der Waals surface area contributed by atoms with Gasteiger partial charge in [0.15, 0.2) is 0 Å². The van der Waals surface area contributed by atoms with Gasteiger partial charge in [-0.25, -0.2) is 0 Å². The lowest BCUT2D eigenvalue weighted by atomic mass is 10.1. The maximum atomic E-state index is 9.58. The Morgan fingerprint density at radius 2 is 1.89 bits per heavy atom. The van der Waals surface area contributed by atoms with Crippen LogP contribution in [0.2, 0.25) is 0 Å². The molecule has 2 aromatic rings. The van der Waals surface area contributed by atoms with Crippen molar-refractivity contribution < 1.29 is 9.84 Å². The molecule has 0 bridgehead atoms. The van der Waals surface area contributed by atoms with Gasteiger partial charge in [0.2, 0.25) is 0 Å². The predicted molar refractivity (Wildman–Crippen MR) is 80.7 cm³/mol. The Labute approximate surface area is 122 Å². The zero-order valence-corrected chi connectivity index (χ0v) is 12.6. The largest absolute Gasteiger partial charge is 0.457 e. The summed E-state index contributed by atoms with van der Waals surface area (Å²) in [4.78, 5) is 0. The average molecular weight is 321 g/mol. The molecule has 100 valence electrons. The number of aliphatic hydroxyl groups excluding tert-OH is 1. The molecule has 0 aliphatic rings. The molecule has 1 N–H and O–H groups in total. The molecular formula is C16H17BrO2. The third kappa shape index (κ3) is 3.58. The molecule has 0 amide bonds. The number of benzene rings is 2. The van der Waals surface area contributed by atoms with Crippen molar-refractivity contribution in [3.05, 3.63) is 58.1 Å². The molecule has 0 aliphatic carbocycles. The molecule has 0 fully saturated rings. The van der Waals surface area contributed by atoms with Gasteiger partial charge in [-0.1, -0.05) is 41.1 Å². The number of ether oxygens (including phenoxy) is 1. The second-order valence-corrected chi connectivity index (χ2v) is 5.32. The monoisotopic (exact) mass is 320 g/mol. The maximum Gasteiger partial charge on any atom is 0.128 e. The van der Waals surface area contributed by atoms with Crippen LogP contribution in [0, 0.1) is 0 Å². The predicted octanol–water partition coefficient (Wildman–Crippen LogP) is 4.86. The summed E-state index contributed by atoms with van der Waals surface area (Å²) in [6, 6.07) is 13.7. The van der Waals surface area contributed by atoms with Crippen LogP contribution in [-0.4, -0.2) is 5.11 Å². The fourth-order valence-electron chi connectivity index (χ4n) is 1.88. The Bertz CT molecular complexity index is 564. The summed E-state index contributed by atoms with van der Waals surface area (Å²) in [6.45, 7) is 3.86. The molecule has 0 saturated carbocycles. The molecule has 2 aromatic carbocycles. The lowest BCUT2D eigenvalue weighted by Crippen LogP contribution is -1.93. The molecular weight excluding hydrogens is 304 g/mol. The van der Waals surface area contributed by atoms with E-state index in [2.05, 4.69) is 28.9 Å². The van der Waals surface area contributed by atoms with E-state index in [0.29, 0.717) is 0 Å². The van der Waals surface area contributed by atoms with Crippen LogP contribution in [0.15, 0.2) is 46.9 Å². The van der Waals surface area contributed by atoms with E-state index >= 15 is 0 Å². The number of aryl methyl sites for hydroxylation is 1. The van der Waals surface area contributed by atoms with E-state index in [4.69, 9.17) is 4.74 Å². The Balaban J connectivity index is 2.21. The molecule has 2 rings (SSSR count). The van der Waals surface area contributed by atoms with Gasteiger partial charge in [-0.2, -0.15) is 0 Å². The third-order valence-corrected chi connectivity index (χ3v) is 3.65. The van der Waals surface area contributed by atoms with E-state index in [-0.39, 0.29) is 0 Å². The van der Waals surface area contributed by atoms with Crippen molar-refractivity contribution in [2.75, 3.05) is 0 Å². The van der Waals surface area contributed by atoms with Crippen molar-refractivity contribution in [2.24, 2.45) is 0 Å². The van der Waals surface area contributed by atoms with Gasteiger partial charge in [-0.15, -0.1) is 0 Å². The lowest BCUT2D eigenvalue weighted by molar-refractivity contribution is 0.198. The molecule has 0 spiro atoms. The standard InChI is InChI=1S/C16H17BrO2/c1-3-12-5-4-6-13(9-12)19-14-7-8-15(11(2)18)16(17)10-14/h4-11,18H,3H2,1-2H3. The quantitative estimate of drug-likeness (QED) is 0.871. The molecule has 1 unspecified atom stereocenters. The van der Waals surface area contributed by atoms with Crippen molar-refractivity contribution in [3.63, 3.8) is 0 Å². The first-order valence-electron chi connectivity index (χ1n) is 6.34. The van der Waals surface area contributed by atoms with Crippen molar-refractivity contribution in [1.29, 1.82) is 0 Å². The summed E-state index contributed by atoms with van der Waals surface area (Å²) >= 11 is 3.45. The maximum absolute atomic E-state index is 9.58. The first-order chi connectivity index (χ1) is 9.10. The van der Waals surface area contributed by atoms with Gasteiger partial charge in [0.05, 0.1) is 6.10 Å². The number of aliphatic hydroxyl groups is 1. The first-order valence-corrected chi connectivity index (χ1v) is 7.13. The van der Waals surface area contributed by atoms with E-state index in [1.54, 1.807) is 6.92 Å². The van der Waals surface area contributed by atoms with Crippen LogP contribution >= 0.6 is 15.9 Å². The molecule has 0 heterocycles. The topological polar surface area (TPSA) is 29.5 Å². The number of hydrogen-bond acceptors (Lipinski definition) is 2. The molecule has 0 saturated heterocycles. The van der Waals surface area contributed by atoms with E-state index < -0.39 is 6.10 Å². The van der Waals surface area contributed by atoms with Crippen LogP contribution < -0.4 is 4.74 Å². The third-order valence-electron chi connectivity index (χ3n) is 2.96. The number of hydrogen-bond donors (Lipinski definition) is 1. The van der Waals surface area contributed by atoms with Crippen LogP contribution in [0.1, 0.15) is 31.1 Å². The Kier molecular flexibility index (Phi) is 4.61. The second-order valence-electron chi connectivity index (χ2n) is 4.46. The minimum Gasteiger partial charge on any atom is -0.457 e. The molecule has 1 atom stereocenters. The normalized spacial score (nSPS) is 12.2. The zero-order valence-electron chi connectivity index (χ0n) is 11.1. The van der Waals surface area contributed by atoms with Gasteiger partial charge < -0.3 is 9.84 Å². The first kappa shape index (κ1) is 14.1. The van der Waals surface area contributed by atoms with Crippen LogP contribution in [0.5, 0.6) is 11.5 Å². The molecule has 0 aliphatic heterocycles. The molecule has 0 aromatic heterocycles. The van der Waals surface area contributed by atoms with E-state index in [1.807, 2.05) is 36.4 Å². The highest BCUT2D eigenvalue weighted by molar-refractivity contribution is 9.10. The van der Waals surface area contributed by atoms with E-state index in [1.165, 1.54) is 5.56 Å². The molecule has 0 radical (unpaired) electrons. The lowest BCUT2D eigenvalue weighted by Gasteiger charge is -2.11. The van der Waals surface area contributed by atoms with E-state index in [9.17, 15) is 5.11 Å². The average Bonchev–Trinajstić information content (AvgIpc) is 2.38.